The topological polar surface area (TPSA) is 3.24 Å². The second-order valence-corrected chi connectivity index (χ2v) is 24.3. The van der Waals surface area contributed by atoms with E-state index in [9.17, 15) is 0 Å². The monoisotopic (exact) mass is 980 g/mol. The quantitative estimate of drug-likeness (QED) is 0.154. The Kier molecular flexibility index (Phi) is 10.6. The summed E-state index contributed by atoms with van der Waals surface area (Å²) < 4.78 is 0. The molecule has 1 nitrogen and oxygen atoms in total. The van der Waals surface area contributed by atoms with Crippen molar-refractivity contribution in [2.45, 2.75) is 95.3 Å². The van der Waals surface area contributed by atoms with Crippen LogP contribution in [0.15, 0.2) is 224 Å². The molecule has 0 unspecified atom stereocenters. The third kappa shape index (κ3) is 7.04. The molecule has 4 aliphatic rings. The minimum absolute atomic E-state index is 0.0328. The van der Waals surface area contributed by atoms with E-state index in [1.54, 1.807) is 0 Å². The molecule has 0 heterocycles. The van der Waals surface area contributed by atoms with Crippen molar-refractivity contribution in [3.8, 4) is 55.6 Å². The van der Waals surface area contributed by atoms with Crippen molar-refractivity contribution in [2.24, 2.45) is 0 Å². The van der Waals surface area contributed by atoms with E-state index >= 15 is 0 Å². The molecule has 4 aliphatic carbocycles. The summed E-state index contributed by atoms with van der Waals surface area (Å²) in [5.41, 5.74) is 29.8. The van der Waals surface area contributed by atoms with Crippen LogP contribution in [0.5, 0.6) is 0 Å². The number of anilines is 3. The Labute approximate surface area is 450 Å². The summed E-state index contributed by atoms with van der Waals surface area (Å²) in [6, 6.07) is 86.6. The highest BCUT2D eigenvalue weighted by Gasteiger charge is 2.48. The first-order valence-corrected chi connectivity index (χ1v) is 27.8. The molecule has 0 saturated heterocycles. The standard InChI is InChI=1S/C75H65N/c1-72(2,3)51-21-17-23-53(45-51)75(54-24-18-22-52(46-54)73(4,5)6)69-33-14-12-29-64(69)66-41-39-57(48-71(66)75)76(56-38-40-65-63-28-11-13-32-68(63)74(70(65)47-56)42-15-16-43-74)55-36-34-49(35-37-55)58-25-9-10-27-60(58)62-31-19-30-61-59-26-8-7-20-50(59)44-67(61)62/h7-14,17-41,45-48H,15-16,42-44H2,1-6H3. The molecule has 0 amide bonds. The van der Waals surface area contributed by atoms with E-state index in [1.165, 1.54) is 143 Å². The van der Waals surface area contributed by atoms with Crippen LogP contribution in [0.3, 0.4) is 0 Å². The summed E-state index contributed by atoms with van der Waals surface area (Å²) in [6.45, 7) is 14.0. The second kappa shape index (κ2) is 17.3. The van der Waals surface area contributed by atoms with Crippen LogP contribution in [0.4, 0.5) is 17.1 Å². The molecule has 370 valence electrons. The first-order chi connectivity index (χ1) is 36.9. The lowest BCUT2D eigenvalue weighted by Crippen LogP contribution is -2.30. The Bertz CT molecular complexity index is 3880. The van der Waals surface area contributed by atoms with E-state index in [-0.39, 0.29) is 16.2 Å². The molecule has 0 aliphatic heterocycles. The lowest BCUT2D eigenvalue weighted by molar-refractivity contribution is 0.550. The van der Waals surface area contributed by atoms with Gasteiger partial charge in [0.1, 0.15) is 0 Å². The number of rotatable bonds is 7. The van der Waals surface area contributed by atoms with Gasteiger partial charge in [0, 0.05) is 22.5 Å². The van der Waals surface area contributed by atoms with E-state index in [4.69, 9.17) is 0 Å². The Morgan fingerprint density at radius 2 is 0.803 bits per heavy atom. The first-order valence-electron chi connectivity index (χ1n) is 27.8. The van der Waals surface area contributed by atoms with Gasteiger partial charge < -0.3 is 4.90 Å². The fourth-order valence-electron chi connectivity index (χ4n) is 14.3. The average molecular weight is 980 g/mol. The van der Waals surface area contributed by atoms with Crippen LogP contribution in [0.2, 0.25) is 0 Å². The largest absolute Gasteiger partial charge is 0.310 e. The second-order valence-electron chi connectivity index (χ2n) is 24.3. The molecule has 1 fully saturated rings. The Morgan fingerprint density at radius 3 is 1.43 bits per heavy atom. The van der Waals surface area contributed by atoms with Gasteiger partial charge in [-0.05, 0) is 178 Å². The minimum Gasteiger partial charge on any atom is -0.310 e. The van der Waals surface area contributed by atoms with Gasteiger partial charge >= 0.3 is 0 Å². The van der Waals surface area contributed by atoms with Crippen molar-refractivity contribution in [1.82, 2.24) is 0 Å². The fraction of sp³-hybridized carbons (Fsp3) is 0.200. The molecule has 1 heteroatoms. The van der Waals surface area contributed by atoms with Crippen molar-refractivity contribution in [1.29, 1.82) is 0 Å². The van der Waals surface area contributed by atoms with Crippen LogP contribution in [0.1, 0.15) is 123 Å². The minimum atomic E-state index is -0.587. The summed E-state index contributed by atoms with van der Waals surface area (Å²) in [6.07, 6.45) is 5.83. The zero-order valence-electron chi connectivity index (χ0n) is 44.8. The van der Waals surface area contributed by atoms with E-state index < -0.39 is 5.41 Å². The summed E-state index contributed by atoms with van der Waals surface area (Å²) in [7, 11) is 0. The lowest BCUT2D eigenvalue weighted by Gasteiger charge is -2.37. The Morgan fingerprint density at radius 1 is 0.342 bits per heavy atom. The maximum atomic E-state index is 2.58. The van der Waals surface area contributed by atoms with Crippen LogP contribution < -0.4 is 4.90 Å². The third-order valence-electron chi connectivity index (χ3n) is 18.1. The predicted molar refractivity (Wildman–Crippen MR) is 320 cm³/mol. The summed E-state index contributed by atoms with van der Waals surface area (Å²) >= 11 is 0. The zero-order valence-corrected chi connectivity index (χ0v) is 44.8. The van der Waals surface area contributed by atoms with Crippen LogP contribution in [0, 0.1) is 0 Å². The molecule has 10 aromatic carbocycles. The van der Waals surface area contributed by atoms with Crippen LogP contribution in [-0.4, -0.2) is 0 Å². The van der Waals surface area contributed by atoms with Gasteiger partial charge in [0.05, 0.1) is 5.41 Å². The van der Waals surface area contributed by atoms with E-state index in [2.05, 4.69) is 271 Å². The summed E-state index contributed by atoms with van der Waals surface area (Å²) in [5, 5.41) is 0. The van der Waals surface area contributed by atoms with Crippen molar-refractivity contribution < 1.29 is 0 Å². The summed E-state index contributed by atoms with van der Waals surface area (Å²) in [5.74, 6) is 0. The number of hydrogen-bond donors (Lipinski definition) is 0. The highest BCUT2D eigenvalue weighted by atomic mass is 15.1. The average Bonchev–Trinajstić information content (AvgIpc) is 4.36. The Balaban J connectivity index is 0.978. The molecule has 1 saturated carbocycles. The van der Waals surface area contributed by atoms with Crippen molar-refractivity contribution in [3.63, 3.8) is 0 Å². The highest BCUT2D eigenvalue weighted by molar-refractivity contribution is 5.94. The molecule has 0 aromatic heterocycles. The number of fused-ring (bicyclic) bond motifs is 11. The molecular weight excluding hydrogens is 915 g/mol. The van der Waals surface area contributed by atoms with Gasteiger partial charge in [-0.1, -0.05) is 242 Å². The van der Waals surface area contributed by atoms with Gasteiger partial charge in [-0.15, -0.1) is 0 Å². The van der Waals surface area contributed by atoms with Gasteiger partial charge in [0.2, 0.25) is 0 Å². The molecule has 10 aromatic rings. The van der Waals surface area contributed by atoms with Crippen molar-refractivity contribution in [3.05, 3.63) is 280 Å². The molecule has 76 heavy (non-hydrogen) atoms. The third-order valence-corrected chi connectivity index (χ3v) is 18.1. The van der Waals surface area contributed by atoms with E-state index in [0.717, 1.165) is 17.8 Å². The highest BCUT2D eigenvalue weighted by Crippen LogP contribution is 2.60. The van der Waals surface area contributed by atoms with Crippen LogP contribution in [0.25, 0.3) is 55.6 Å². The van der Waals surface area contributed by atoms with Gasteiger partial charge in [-0.2, -0.15) is 0 Å². The van der Waals surface area contributed by atoms with Gasteiger partial charge in [-0.25, -0.2) is 0 Å². The lowest BCUT2D eigenvalue weighted by atomic mass is 9.66. The number of nitrogens with zero attached hydrogens (tertiary/aromatic N) is 1. The molecule has 1 spiro atoms. The van der Waals surface area contributed by atoms with Gasteiger partial charge in [0.25, 0.3) is 0 Å². The SMILES string of the molecule is CC(C)(C)c1cccc(C2(c3cccc(C(C)(C)C)c3)c3ccccc3-c3ccc(N(c4ccc(-c5ccccc5-c5cccc6c5Cc5ccccc5-6)cc4)c4ccc5c(c4)C4(CCCC4)c4ccccc4-5)cc32)c1. The summed E-state index contributed by atoms with van der Waals surface area (Å²) in [4.78, 5) is 2.56. The normalized spacial score (nSPS) is 15.2. The van der Waals surface area contributed by atoms with Crippen LogP contribution in [-0.2, 0) is 28.1 Å². The Hall–Kier alpha value is -8.00. The first kappa shape index (κ1) is 46.5. The number of benzene rings is 10. The molecular formula is C75H65N. The van der Waals surface area contributed by atoms with Crippen LogP contribution >= 0.6 is 0 Å². The number of hydrogen-bond acceptors (Lipinski definition) is 1. The fourth-order valence-corrected chi connectivity index (χ4v) is 14.3. The molecule has 0 bridgehead atoms. The molecule has 14 rings (SSSR count). The van der Waals surface area contributed by atoms with E-state index in [0.29, 0.717) is 0 Å². The molecule has 0 N–H and O–H groups in total. The molecule has 0 radical (unpaired) electrons. The smallest absolute Gasteiger partial charge is 0.0714 e. The maximum Gasteiger partial charge on any atom is 0.0714 e. The van der Waals surface area contributed by atoms with E-state index in [1.807, 2.05) is 0 Å². The molecule has 0 atom stereocenters. The van der Waals surface area contributed by atoms with Gasteiger partial charge in [-0.3, -0.25) is 0 Å². The van der Waals surface area contributed by atoms with Crippen molar-refractivity contribution >= 4 is 17.1 Å². The predicted octanol–water partition coefficient (Wildman–Crippen LogP) is 19.9. The zero-order chi connectivity index (χ0) is 51.6. The van der Waals surface area contributed by atoms with Crippen molar-refractivity contribution in [2.75, 3.05) is 4.90 Å². The maximum absolute atomic E-state index is 2.58. The van der Waals surface area contributed by atoms with Gasteiger partial charge in [0.15, 0.2) is 0 Å².